The van der Waals surface area contributed by atoms with E-state index >= 15 is 0 Å². The van der Waals surface area contributed by atoms with Crippen molar-refractivity contribution in [2.24, 2.45) is 0 Å². The third-order valence-corrected chi connectivity index (χ3v) is 5.21. The molecule has 0 spiro atoms. The minimum absolute atomic E-state index is 0.430. The second-order valence-electron chi connectivity index (χ2n) is 6.53. The van der Waals surface area contributed by atoms with Gasteiger partial charge in [-0.2, -0.15) is 0 Å². The van der Waals surface area contributed by atoms with Crippen LogP contribution in [-0.2, 0) is 5.41 Å². The monoisotopic (exact) mass is 258 g/mol. The second kappa shape index (κ2) is 5.26. The van der Waals surface area contributed by atoms with E-state index in [9.17, 15) is 0 Å². The van der Waals surface area contributed by atoms with Crippen LogP contribution in [0.15, 0.2) is 24.3 Å². The molecule has 2 fully saturated rings. The summed E-state index contributed by atoms with van der Waals surface area (Å²) in [5.41, 5.74) is 3.51. The molecule has 1 N–H and O–H groups in total. The number of likely N-dealkylation sites (N-methyl/N-ethyl adjacent to an activating group) is 2. The maximum absolute atomic E-state index is 3.38. The summed E-state index contributed by atoms with van der Waals surface area (Å²) in [6.07, 6.45) is 5.40. The van der Waals surface area contributed by atoms with Crippen molar-refractivity contribution < 1.29 is 0 Å². The summed E-state index contributed by atoms with van der Waals surface area (Å²) < 4.78 is 0. The van der Waals surface area contributed by atoms with Gasteiger partial charge in [-0.1, -0.05) is 30.7 Å². The summed E-state index contributed by atoms with van der Waals surface area (Å²) in [5.74, 6) is 0.751. The highest BCUT2D eigenvalue weighted by Crippen LogP contribution is 2.43. The van der Waals surface area contributed by atoms with E-state index in [1.54, 1.807) is 5.56 Å². The fraction of sp³-hybridized carbons (Fsp3) is 0.647. The molecule has 0 bridgehead atoms. The van der Waals surface area contributed by atoms with Crippen molar-refractivity contribution in [3.8, 4) is 0 Å². The van der Waals surface area contributed by atoms with E-state index in [1.165, 1.54) is 44.3 Å². The van der Waals surface area contributed by atoms with Gasteiger partial charge < -0.3 is 10.2 Å². The average molecular weight is 258 g/mol. The quantitative estimate of drug-likeness (QED) is 0.893. The van der Waals surface area contributed by atoms with Crippen molar-refractivity contribution in [1.29, 1.82) is 0 Å². The zero-order valence-corrected chi connectivity index (χ0v) is 12.3. The number of nitrogens with one attached hydrogen (secondary N) is 1. The molecule has 1 heterocycles. The summed E-state index contributed by atoms with van der Waals surface area (Å²) in [5, 5.41) is 3.38. The predicted molar refractivity (Wildman–Crippen MR) is 80.8 cm³/mol. The van der Waals surface area contributed by atoms with E-state index in [-0.39, 0.29) is 0 Å². The normalized spacial score (nSPS) is 26.3. The van der Waals surface area contributed by atoms with Crippen LogP contribution in [0.1, 0.15) is 42.7 Å². The maximum Gasteiger partial charge on any atom is 0.00776 e. The van der Waals surface area contributed by atoms with E-state index in [1.807, 2.05) is 0 Å². The molecule has 104 valence electrons. The van der Waals surface area contributed by atoms with Gasteiger partial charge in [-0.05, 0) is 56.9 Å². The fourth-order valence-corrected chi connectivity index (χ4v) is 3.83. The van der Waals surface area contributed by atoms with Gasteiger partial charge in [0.05, 0.1) is 0 Å². The Morgan fingerprint density at radius 3 is 2.47 bits per heavy atom. The van der Waals surface area contributed by atoms with E-state index in [4.69, 9.17) is 0 Å². The molecule has 1 aromatic carbocycles. The molecule has 1 aliphatic heterocycles. The van der Waals surface area contributed by atoms with Crippen molar-refractivity contribution in [3.63, 3.8) is 0 Å². The summed E-state index contributed by atoms with van der Waals surface area (Å²) >= 11 is 0. The standard InChI is InChI=1S/C17H26N2/c1-18-13-17(9-3-10-17)16-6-4-14(5-7-16)15-8-11-19(2)12-15/h4-7,15,18H,3,8-13H2,1-2H3. The largest absolute Gasteiger partial charge is 0.319 e. The maximum atomic E-state index is 3.38. The van der Waals surface area contributed by atoms with Gasteiger partial charge in [0.2, 0.25) is 0 Å². The highest BCUT2D eigenvalue weighted by molar-refractivity contribution is 5.33. The van der Waals surface area contributed by atoms with Crippen LogP contribution in [0.5, 0.6) is 0 Å². The number of benzene rings is 1. The summed E-state index contributed by atoms with van der Waals surface area (Å²) in [6.45, 7) is 3.59. The first-order chi connectivity index (χ1) is 9.23. The van der Waals surface area contributed by atoms with Crippen LogP contribution < -0.4 is 5.32 Å². The Hall–Kier alpha value is -0.860. The molecular formula is C17H26N2. The van der Waals surface area contributed by atoms with Crippen LogP contribution in [-0.4, -0.2) is 38.6 Å². The van der Waals surface area contributed by atoms with E-state index in [0.717, 1.165) is 12.5 Å². The Morgan fingerprint density at radius 1 is 1.26 bits per heavy atom. The van der Waals surface area contributed by atoms with Crippen molar-refractivity contribution in [3.05, 3.63) is 35.4 Å². The third kappa shape index (κ3) is 2.44. The van der Waals surface area contributed by atoms with Gasteiger partial charge in [0.25, 0.3) is 0 Å². The van der Waals surface area contributed by atoms with Gasteiger partial charge in [-0.15, -0.1) is 0 Å². The topological polar surface area (TPSA) is 15.3 Å². The van der Waals surface area contributed by atoms with Crippen LogP contribution >= 0.6 is 0 Å². The van der Waals surface area contributed by atoms with Crippen LogP contribution in [0, 0.1) is 0 Å². The highest BCUT2D eigenvalue weighted by Gasteiger charge is 2.37. The van der Waals surface area contributed by atoms with Crippen molar-refractivity contribution >= 4 is 0 Å². The molecule has 2 heteroatoms. The molecule has 2 aliphatic rings. The molecular weight excluding hydrogens is 232 g/mol. The van der Waals surface area contributed by atoms with Gasteiger partial charge in [0.1, 0.15) is 0 Å². The first-order valence-electron chi connectivity index (χ1n) is 7.67. The lowest BCUT2D eigenvalue weighted by molar-refractivity contribution is 0.239. The van der Waals surface area contributed by atoms with Crippen LogP contribution in [0.3, 0.4) is 0 Å². The number of nitrogens with zero attached hydrogens (tertiary/aromatic N) is 1. The van der Waals surface area contributed by atoms with E-state index in [0.29, 0.717) is 5.41 Å². The zero-order valence-electron chi connectivity index (χ0n) is 12.3. The Balaban J connectivity index is 1.75. The first kappa shape index (κ1) is 13.1. The molecule has 1 saturated heterocycles. The van der Waals surface area contributed by atoms with Gasteiger partial charge in [0, 0.05) is 18.5 Å². The molecule has 19 heavy (non-hydrogen) atoms. The van der Waals surface area contributed by atoms with E-state index in [2.05, 4.69) is 48.6 Å². The number of hydrogen-bond acceptors (Lipinski definition) is 2. The molecule has 0 aromatic heterocycles. The van der Waals surface area contributed by atoms with Gasteiger partial charge in [-0.3, -0.25) is 0 Å². The lowest BCUT2D eigenvalue weighted by atomic mass is 9.64. The number of hydrogen-bond donors (Lipinski definition) is 1. The lowest BCUT2D eigenvalue weighted by Crippen LogP contribution is -2.42. The van der Waals surface area contributed by atoms with Crippen LogP contribution in [0.2, 0.25) is 0 Å². The lowest BCUT2D eigenvalue weighted by Gasteiger charge is -2.42. The highest BCUT2D eigenvalue weighted by atomic mass is 15.1. The molecule has 1 atom stereocenters. The molecule has 1 aromatic rings. The average Bonchev–Trinajstić information content (AvgIpc) is 2.81. The Kier molecular flexibility index (Phi) is 3.64. The minimum Gasteiger partial charge on any atom is -0.319 e. The van der Waals surface area contributed by atoms with Gasteiger partial charge in [0.15, 0.2) is 0 Å². The number of rotatable bonds is 4. The molecule has 2 nitrogen and oxygen atoms in total. The third-order valence-electron chi connectivity index (χ3n) is 5.21. The molecule has 1 saturated carbocycles. The van der Waals surface area contributed by atoms with Crippen LogP contribution in [0.4, 0.5) is 0 Å². The zero-order chi connectivity index (χ0) is 13.3. The van der Waals surface area contributed by atoms with Crippen LogP contribution in [0.25, 0.3) is 0 Å². The van der Waals surface area contributed by atoms with Crippen molar-refractivity contribution in [2.45, 2.75) is 37.0 Å². The molecule has 0 amide bonds. The second-order valence-corrected chi connectivity index (χ2v) is 6.53. The molecule has 3 rings (SSSR count). The summed E-state index contributed by atoms with van der Waals surface area (Å²) in [6, 6.07) is 9.55. The fourth-order valence-electron chi connectivity index (χ4n) is 3.83. The van der Waals surface area contributed by atoms with Crippen molar-refractivity contribution in [1.82, 2.24) is 10.2 Å². The number of likely N-dealkylation sites (tertiary alicyclic amines) is 1. The summed E-state index contributed by atoms with van der Waals surface area (Å²) in [4.78, 5) is 2.44. The summed E-state index contributed by atoms with van der Waals surface area (Å²) in [7, 11) is 4.30. The Labute approximate surface area is 117 Å². The first-order valence-corrected chi connectivity index (χ1v) is 7.67. The van der Waals surface area contributed by atoms with Gasteiger partial charge >= 0.3 is 0 Å². The minimum atomic E-state index is 0.430. The molecule has 1 unspecified atom stereocenters. The Morgan fingerprint density at radius 2 is 2.00 bits per heavy atom. The molecule has 0 radical (unpaired) electrons. The van der Waals surface area contributed by atoms with Crippen molar-refractivity contribution in [2.75, 3.05) is 33.7 Å². The van der Waals surface area contributed by atoms with Gasteiger partial charge in [-0.25, -0.2) is 0 Å². The SMILES string of the molecule is CNCC1(c2ccc(C3CCN(C)C3)cc2)CCC1. The Bertz CT molecular complexity index is 419. The molecule has 1 aliphatic carbocycles. The predicted octanol–water partition coefficient (Wildman–Crippen LogP) is 2.75. The van der Waals surface area contributed by atoms with E-state index < -0.39 is 0 Å². The smallest absolute Gasteiger partial charge is 0.00776 e.